The van der Waals surface area contributed by atoms with Gasteiger partial charge in [0.25, 0.3) is 0 Å². The summed E-state index contributed by atoms with van der Waals surface area (Å²) in [5, 5.41) is 3.52. The molecule has 0 spiro atoms. The first kappa shape index (κ1) is 14.2. The summed E-state index contributed by atoms with van der Waals surface area (Å²) in [4.78, 5) is 0. The second kappa shape index (κ2) is 8.26. The zero-order chi connectivity index (χ0) is 12.5. The maximum absolute atomic E-state index is 5.50. The van der Waals surface area contributed by atoms with E-state index in [0.29, 0.717) is 12.1 Å². The standard InChI is InChI=1S/C15H25NO/c1-13(2)17-11-7-10-16-14(3)12-15-8-5-4-6-9-15/h4-6,8-9,13-14,16H,7,10-12H2,1-3H3. The largest absolute Gasteiger partial charge is 0.379 e. The highest BCUT2D eigenvalue weighted by Gasteiger charge is 2.02. The average Bonchev–Trinajstić information content (AvgIpc) is 2.29. The summed E-state index contributed by atoms with van der Waals surface area (Å²) >= 11 is 0. The predicted molar refractivity (Wildman–Crippen MR) is 73.3 cm³/mol. The van der Waals surface area contributed by atoms with Crippen LogP contribution in [0.1, 0.15) is 32.8 Å². The first-order chi connectivity index (χ1) is 8.18. The van der Waals surface area contributed by atoms with Crippen LogP contribution in [-0.4, -0.2) is 25.3 Å². The van der Waals surface area contributed by atoms with E-state index < -0.39 is 0 Å². The molecule has 1 N–H and O–H groups in total. The van der Waals surface area contributed by atoms with E-state index in [9.17, 15) is 0 Å². The lowest BCUT2D eigenvalue weighted by molar-refractivity contribution is 0.0768. The molecule has 17 heavy (non-hydrogen) atoms. The minimum atomic E-state index is 0.344. The normalized spacial score (nSPS) is 12.9. The van der Waals surface area contributed by atoms with Crippen molar-refractivity contribution in [1.29, 1.82) is 0 Å². The van der Waals surface area contributed by atoms with Gasteiger partial charge in [-0.25, -0.2) is 0 Å². The second-order valence-corrected chi connectivity index (χ2v) is 4.82. The summed E-state index contributed by atoms with van der Waals surface area (Å²) in [7, 11) is 0. The van der Waals surface area contributed by atoms with Crippen molar-refractivity contribution >= 4 is 0 Å². The molecule has 0 radical (unpaired) electrons. The third-order valence-corrected chi connectivity index (χ3v) is 2.65. The minimum Gasteiger partial charge on any atom is -0.379 e. The van der Waals surface area contributed by atoms with E-state index in [1.165, 1.54) is 5.56 Å². The molecule has 0 aromatic heterocycles. The zero-order valence-electron chi connectivity index (χ0n) is 11.3. The highest BCUT2D eigenvalue weighted by molar-refractivity contribution is 5.15. The maximum atomic E-state index is 5.50. The van der Waals surface area contributed by atoms with Crippen molar-refractivity contribution in [3.8, 4) is 0 Å². The fourth-order valence-electron chi connectivity index (χ4n) is 1.78. The fraction of sp³-hybridized carbons (Fsp3) is 0.600. The van der Waals surface area contributed by atoms with Crippen molar-refractivity contribution in [2.75, 3.05) is 13.2 Å². The van der Waals surface area contributed by atoms with Gasteiger partial charge in [0, 0.05) is 12.6 Å². The molecule has 1 aromatic rings. The van der Waals surface area contributed by atoms with Gasteiger partial charge in [-0.05, 0) is 45.7 Å². The molecule has 2 heteroatoms. The molecule has 0 heterocycles. The van der Waals surface area contributed by atoms with Gasteiger partial charge in [0.05, 0.1) is 6.10 Å². The Morgan fingerprint density at radius 2 is 1.82 bits per heavy atom. The van der Waals surface area contributed by atoms with Crippen LogP contribution in [0.2, 0.25) is 0 Å². The van der Waals surface area contributed by atoms with E-state index in [2.05, 4.69) is 56.4 Å². The molecule has 2 nitrogen and oxygen atoms in total. The molecule has 0 saturated carbocycles. The van der Waals surface area contributed by atoms with Gasteiger partial charge >= 0.3 is 0 Å². The second-order valence-electron chi connectivity index (χ2n) is 4.82. The van der Waals surface area contributed by atoms with E-state index in [1.54, 1.807) is 0 Å². The summed E-state index contributed by atoms with van der Waals surface area (Å²) in [5.41, 5.74) is 1.39. The number of nitrogens with one attached hydrogen (secondary N) is 1. The maximum Gasteiger partial charge on any atom is 0.0518 e. The molecule has 1 unspecified atom stereocenters. The predicted octanol–water partition coefficient (Wildman–Crippen LogP) is 3.02. The third kappa shape index (κ3) is 7.14. The van der Waals surface area contributed by atoms with Crippen LogP contribution in [0, 0.1) is 0 Å². The van der Waals surface area contributed by atoms with E-state index in [1.807, 2.05) is 0 Å². The number of benzene rings is 1. The lowest BCUT2D eigenvalue weighted by Gasteiger charge is -2.14. The van der Waals surface area contributed by atoms with E-state index in [0.717, 1.165) is 26.0 Å². The fourth-order valence-corrected chi connectivity index (χ4v) is 1.78. The van der Waals surface area contributed by atoms with Gasteiger partial charge in [-0.3, -0.25) is 0 Å². The quantitative estimate of drug-likeness (QED) is 0.699. The molecule has 1 atom stereocenters. The molecule has 0 aliphatic carbocycles. The highest BCUT2D eigenvalue weighted by atomic mass is 16.5. The van der Waals surface area contributed by atoms with Crippen molar-refractivity contribution in [2.45, 2.75) is 45.8 Å². The third-order valence-electron chi connectivity index (χ3n) is 2.65. The number of hydrogen-bond donors (Lipinski definition) is 1. The van der Waals surface area contributed by atoms with Crippen molar-refractivity contribution in [2.24, 2.45) is 0 Å². The molecular formula is C15H25NO. The van der Waals surface area contributed by atoms with Gasteiger partial charge < -0.3 is 10.1 Å². The van der Waals surface area contributed by atoms with Crippen molar-refractivity contribution in [3.05, 3.63) is 35.9 Å². The zero-order valence-corrected chi connectivity index (χ0v) is 11.3. The van der Waals surface area contributed by atoms with Crippen LogP contribution in [0.5, 0.6) is 0 Å². The first-order valence-electron chi connectivity index (χ1n) is 6.57. The van der Waals surface area contributed by atoms with Gasteiger partial charge in [-0.15, -0.1) is 0 Å². The Morgan fingerprint density at radius 1 is 1.12 bits per heavy atom. The number of rotatable bonds is 8. The number of ether oxygens (including phenoxy) is 1. The lowest BCUT2D eigenvalue weighted by atomic mass is 10.1. The van der Waals surface area contributed by atoms with Gasteiger partial charge in [0.1, 0.15) is 0 Å². The van der Waals surface area contributed by atoms with Crippen LogP contribution in [0.3, 0.4) is 0 Å². The monoisotopic (exact) mass is 235 g/mol. The molecule has 1 aromatic carbocycles. The van der Waals surface area contributed by atoms with Crippen LogP contribution in [0.15, 0.2) is 30.3 Å². The summed E-state index contributed by atoms with van der Waals surface area (Å²) < 4.78 is 5.50. The smallest absolute Gasteiger partial charge is 0.0518 e. The van der Waals surface area contributed by atoms with Crippen LogP contribution in [0.4, 0.5) is 0 Å². The van der Waals surface area contributed by atoms with E-state index in [4.69, 9.17) is 4.74 Å². The first-order valence-corrected chi connectivity index (χ1v) is 6.57. The summed E-state index contributed by atoms with van der Waals surface area (Å²) in [5.74, 6) is 0. The molecular weight excluding hydrogens is 210 g/mol. The van der Waals surface area contributed by atoms with Crippen molar-refractivity contribution in [3.63, 3.8) is 0 Å². The summed E-state index contributed by atoms with van der Waals surface area (Å²) in [6, 6.07) is 11.1. The van der Waals surface area contributed by atoms with Crippen molar-refractivity contribution in [1.82, 2.24) is 5.32 Å². The Morgan fingerprint density at radius 3 is 2.47 bits per heavy atom. The van der Waals surface area contributed by atoms with Gasteiger partial charge in [0.15, 0.2) is 0 Å². The lowest BCUT2D eigenvalue weighted by Crippen LogP contribution is -2.29. The molecule has 0 amide bonds. The van der Waals surface area contributed by atoms with E-state index >= 15 is 0 Å². The van der Waals surface area contributed by atoms with Gasteiger partial charge in [-0.1, -0.05) is 30.3 Å². The van der Waals surface area contributed by atoms with Crippen LogP contribution < -0.4 is 5.32 Å². The van der Waals surface area contributed by atoms with Crippen LogP contribution in [0.25, 0.3) is 0 Å². The van der Waals surface area contributed by atoms with E-state index in [-0.39, 0.29) is 0 Å². The van der Waals surface area contributed by atoms with Gasteiger partial charge in [0.2, 0.25) is 0 Å². The van der Waals surface area contributed by atoms with Gasteiger partial charge in [-0.2, -0.15) is 0 Å². The highest BCUT2D eigenvalue weighted by Crippen LogP contribution is 2.02. The Bertz CT molecular complexity index is 284. The molecule has 0 aliphatic heterocycles. The summed E-state index contributed by atoms with van der Waals surface area (Å²) in [6.45, 7) is 8.26. The molecule has 96 valence electrons. The molecule has 0 bridgehead atoms. The Hall–Kier alpha value is -0.860. The molecule has 1 rings (SSSR count). The van der Waals surface area contributed by atoms with Crippen LogP contribution >= 0.6 is 0 Å². The Labute approximate surface area is 105 Å². The molecule has 0 fully saturated rings. The number of hydrogen-bond acceptors (Lipinski definition) is 2. The molecule has 0 saturated heterocycles. The SMILES string of the molecule is CC(Cc1ccccc1)NCCCOC(C)C. The van der Waals surface area contributed by atoms with Crippen molar-refractivity contribution < 1.29 is 4.74 Å². The average molecular weight is 235 g/mol. The summed E-state index contributed by atoms with van der Waals surface area (Å²) in [6.07, 6.45) is 2.51. The van der Waals surface area contributed by atoms with Crippen LogP contribution in [-0.2, 0) is 11.2 Å². The topological polar surface area (TPSA) is 21.3 Å². The Kier molecular flexibility index (Phi) is 6.90. The minimum absolute atomic E-state index is 0.344. The Balaban J connectivity index is 2.07. The molecule has 0 aliphatic rings.